The molecule has 0 bridgehead atoms. The van der Waals surface area contributed by atoms with Crippen LogP contribution in [-0.4, -0.2) is 52.3 Å². The zero-order chi connectivity index (χ0) is 17.7. The Morgan fingerprint density at radius 2 is 1.92 bits per heavy atom. The minimum atomic E-state index is -1.29. The summed E-state index contributed by atoms with van der Waals surface area (Å²) in [7, 11) is 0. The smallest absolute Gasteiger partial charge is 0.323 e. The van der Waals surface area contributed by atoms with Crippen LogP contribution in [0.1, 0.15) is 18.4 Å². The van der Waals surface area contributed by atoms with Crippen molar-refractivity contribution in [2.45, 2.75) is 31.3 Å². The number of hydrogen-bond acceptors (Lipinski definition) is 5. The normalized spacial score (nSPS) is 18.3. The summed E-state index contributed by atoms with van der Waals surface area (Å²) in [5.41, 5.74) is 6.74. The van der Waals surface area contributed by atoms with Gasteiger partial charge in [0.05, 0.1) is 6.04 Å². The summed E-state index contributed by atoms with van der Waals surface area (Å²) in [6.45, 7) is -0.708. The van der Waals surface area contributed by atoms with E-state index in [0.29, 0.717) is 11.3 Å². The average molecular weight is 370 g/mol. The number of amides is 3. The van der Waals surface area contributed by atoms with Crippen molar-refractivity contribution in [2.24, 2.45) is 5.73 Å². The third-order valence-corrected chi connectivity index (χ3v) is 3.76. The lowest BCUT2D eigenvalue weighted by Gasteiger charge is -2.30. The second kappa shape index (κ2) is 9.14. The fourth-order valence-electron chi connectivity index (χ4n) is 2.51. The molecule has 9 heteroatoms. The molecule has 0 unspecified atom stereocenters. The maximum atomic E-state index is 12.2. The number of imide groups is 1. The predicted molar refractivity (Wildman–Crippen MR) is 90.9 cm³/mol. The summed E-state index contributed by atoms with van der Waals surface area (Å²) in [5.74, 6) is -3.07. The molecule has 1 saturated heterocycles. The Bertz CT molecular complexity index is 652. The molecule has 0 saturated carbocycles. The van der Waals surface area contributed by atoms with Crippen molar-refractivity contribution in [3.63, 3.8) is 0 Å². The topological polar surface area (TPSA) is 130 Å². The van der Waals surface area contributed by atoms with E-state index in [1.165, 1.54) is 0 Å². The highest BCUT2D eigenvalue weighted by atomic mass is 35.5. The Balaban J connectivity index is 0.00000312. The molecule has 0 spiro atoms. The van der Waals surface area contributed by atoms with E-state index in [9.17, 15) is 19.2 Å². The van der Waals surface area contributed by atoms with Crippen LogP contribution in [0.4, 0.5) is 0 Å². The second-order valence-electron chi connectivity index (χ2n) is 5.61. The van der Waals surface area contributed by atoms with Crippen molar-refractivity contribution in [3.05, 3.63) is 35.9 Å². The fourth-order valence-corrected chi connectivity index (χ4v) is 2.51. The van der Waals surface area contributed by atoms with Crippen LogP contribution in [0.5, 0.6) is 0 Å². The lowest BCUT2D eigenvalue weighted by atomic mass is 10.0. The molecule has 1 heterocycles. The van der Waals surface area contributed by atoms with Gasteiger partial charge in [-0.1, -0.05) is 30.3 Å². The Morgan fingerprint density at radius 1 is 1.28 bits per heavy atom. The van der Waals surface area contributed by atoms with Crippen molar-refractivity contribution in [2.75, 3.05) is 6.54 Å². The quantitative estimate of drug-likeness (QED) is 0.590. The molecule has 2 atom stereocenters. The number of hydrogen-bond donors (Lipinski definition) is 3. The second-order valence-corrected chi connectivity index (χ2v) is 5.61. The minimum Gasteiger partial charge on any atom is -0.480 e. The third kappa shape index (κ3) is 5.54. The van der Waals surface area contributed by atoms with Gasteiger partial charge in [0.25, 0.3) is 5.91 Å². The maximum absolute atomic E-state index is 12.2. The van der Waals surface area contributed by atoms with Gasteiger partial charge in [0.1, 0.15) is 12.6 Å². The summed E-state index contributed by atoms with van der Waals surface area (Å²) in [5, 5.41) is 11.3. The number of nitrogens with two attached hydrogens (primary N) is 1. The first kappa shape index (κ1) is 20.6. The van der Waals surface area contributed by atoms with Crippen LogP contribution in [0.15, 0.2) is 30.3 Å². The van der Waals surface area contributed by atoms with E-state index in [0.717, 1.165) is 5.56 Å². The fraction of sp³-hybridized carbons (Fsp3) is 0.375. The number of carbonyl (C=O) groups excluding carboxylic acids is 3. The number of carboxylic acids is 1. The Kier molecular flexibility index (Phi) is 7.53. The monoisotopic (exact) mass is 369 g/mol. The molecule has 1 aliphatic rings. The van der Waals surface area contributed by atoms with Gasteiger partial charge in [-0.05, 0) is 18.4 Å². The summed E-state index contributed by atoms with van der Waals surface area (Å²) >= 11 is 0. The van der Waals surface area contributed by atoms with Gasteiger partial charge in [0.2, 0.25) is 11.8 Å². The molecule has 136 valence electrons. The number of piperidine rings is 1. The highest BCUT2D eigenvalue weighted by molar-refractivity contribution is 6.03. The zero-order valence-electron chi connectivity index (χ0n) is 13.4. The van der Waals surface area contributed by atoms with E-state index in [4.69, 9.17) is 10.8 Å². The number of likely N-dealkylation sites (tertiary alicyclic amines) is 1. The molecular formula is C16H20ClN3O5. The van der Waals surface area contributed by atoms with Gasteiger partial charge in [0, 0.05) is 6.42 Å². The lowest BCUT2D eigenvalue weighted by Crippen LogP contribution is -2.57. The van der Waals surface area contributed by atoms with E-state index in [1.54, 1.807) is 0 Å². The molecule has 4 N–H and O–H groups in total. The highest BCUT2D eigenvalue weighted by Gasteiger charge is 2.36. The molecule has 8 nitrogen and oxygen atoms in total. The van der Waals surface area contributed by atoms with Crippen molar-refractivity contribution in [3.8, 4) is 0 Å². The van der Waals surface area contributed by atoms with Gasteiger partial charge < -0.3 is 16.2 Å². The van der Waals surface area contributed by atoms with Crippen molar-refractivity contribution in [1.29, 1.82) is 0 Å². The van der Waals surface area contributed by atoms with E-state index >= 15 is 0 Å². The molecule has 1 aliphatic heterocycles. The molecule has 1 aromatic rings. The van der Waals surface area contributed by atoms with Crippen LogP contribution >= 0.6 is 12.4 Å². The SMILES string of the molecule is Cl.N[C@@H](Cc1ccccc1)C(=O)N[C@H]1CCC(=O)N(CC(=O)O)C1=O. The van der Waals surface area contributed by atoms with Crippen LogP contribution in [-0.2, 0) is 25.6 Å². The van der Waals surface area contributed by atoms with E-state index in [2.05, 4.69) is 5.32 Å². The maximum Gasteiger partial charge on any atom is 0.323 e. The summed E-state index contributed by atoms with van der Waals surface area (Å²) in [6.07, 6.45) is 0.445. The summed E-state index contributed by atoms with van der Waals surface area (Å²) in [4.78, 5) is 47.4. The number of nitrogens with one attached hydrogen (secondary N) is 1. The Labute approximate surface area is 150 Å². The van der Waals surface area contributed by atoms with Crippen LogP contribution in [0.3, 0.4) is 0 Å². The van der Waals surface area contributed by atoms with Gasteiger partial charge in [-0.15, -0.1) is 12.4 Å². The first-order valence-electron chi connectivity index (χ1n) is 7.54. The zero-order valence-corrected chi connectivity index (χ0v) is 14.2. The molecule has 2 rings (SSSR count). The van der Waals surface area contributed by atoms with E-state index in [-0.39, 0.29) is 25.2 Å². The first-order chi connectivity index (χ1) is 11.4. The molecule has 1 aromatic carbocycles. The molecule has 0 radical (unpaired) electrons. The number of carbonyl (C=O) groups is 4. The van der Waals surface area contributed by atoms with Crippen LogP contribution in [0.25, 0.3) is 0 Å². The Hall–Kier alpha value is -2.45. The minimum absolute atomic E-state index is 0. The predicted octanol–water partition coefficient (Wildman–Crippen LogP) is -0.303. The molecule has 0 aliphatic carbocycles. The standard InChI is InChI=1S/C16H19N3O5.ClH/c17-11(8-10-4-2-1-3-5-10)15(23)18-12-6-7-13(20)19(16(12)24)9-14(21)22;/h1-5,11-12H,6-9,17H2,(H,18,23)(H,21,22);1H/t11-,12-;/m0./s1. The molecule has 0 aromatic heterocycles. The summed E-state index contributed by atoms with van der Waals surface area (Å²) < 4.78 is 0. The van der Waals surface area contributed by atoms with Crippen molar-refractivity contribution in [1.82, 2.24) is 10.2 Å². The third-order valence-electron chi connectivity index (χ3n) is 3.76. The van der Waals surface area contributed by atoms with Crippen molar-refractivity contribution >= 4 is 36.1 Å². The van der Waals surface area contributed by atoms with Gasteiger partial charge in [0.15, 0.2) is 0 Å². The molecule has 1 fully saturated rings. The number of rotatable bonds is 6. The van der Waals surface area contributed by atoms with Gasteiger partial charge in [-0.3, -0.25) is 24.1 Å². The largest absolute Gasteiger partial charge is 0.480 e. The highest BCUT2D eigenvalue weighted by Crippen LogP contribution is 2.13. The lowest BCUT2D eigenvalue weighted by molar-refractivity contribution is -0.156. The van der Waals surface area contributed by atoms with E-state index in [1.807, 2.05) is 30.3 Å². The van der Waals surface area contributed by atoms with Crippen molar-refractivity contribution < 1.29 is 24.3 Å². The van der Waals surface area contributed by atoms with Gasteiger partial charge in [-0.25, -0.2) is 0 Å². The van der Waals surface area contributed by atoms with Crippen LogP contribution in [0, 0.1) is 0 Å². The Morgan fingerprint density at radius 3 is 2.52 bits per heavy atom. The number of nitrogens with zero attached hydrogens (tertiary/aromatic N) is 1. The summed E-state index contributed by atoms with van der Waals surface area (Å²) in [6, 6.07) is 7.42. The average Bonchev–Trinajstić information content (AvgIpc) is 2.54. The molecule has 3 amide bonds. The van der Waals surface area contributed by atoms with Crippen LogP contribution in [0.2, 0.25) is 0 Å². The molecule has 25 heavy (non-hydrogen) atoms. The van der Waals surface area contributed by atoms with Crippen LogP contribution < -0.4 is 11.1 Å². The van der Waals surface area contributed by atoms with Gasteiger partial charge >= 0.3 is 5.97 Å². The number of aliphatic carboxylic acids is 1. The van der Waals surface area contributed by atoms with Gasteiger partial charge in [-0.2, -0.15) is 0 Å². The number of halogens is 1. The number of benzene rings is 1. The molecular weight excluding hydrogens is 350 g/mol. The van der Waals surface area contributed by atoms with E-state index < -0.39 is 42.3 Å². The number of carboxylic acid groups (broad SMARTS) is 1. The first-order valence-corrected chi connectivity index (χ1v) is 7.54.